The molecule has 102 valence electrons. The Kier molecular flexibility index (Phi) is 2.97. The van der Waals surface area contributed by atoms with Crippen LogP contribution in [0.1, 0.15) is 34.8 Å². The molecule has 1 aliphatic carbocycles. The van der Waals surface area contributed by atoms with E-state index in [-0.39, 0.29) is 22.7 Å². The van der Waals surface area contributed by atoms with Crippen LogP contribution in [0.5, 0.6) is 0 Å². The fourth-order valence-corrected chi connectivity index (χ4v) is 2.18. The molecule has 0 aliphatic heterocycles. The minimum Gasteiger partial charge on any atom is -0.478 e. The molecule has 1 aliphatic rings. The van der Waals surface area contributed by atoms with Crippen molar-refractivity contribution in [2.75, 3.05) is 0 Å². The average molecular weight is 275 g/mol. The molecular formula is C15H11F2NO2. The number of aromatic carboxylic acids is 1. The summed E-state index contributed by atoms with van der Waals surface area (Å²) in [5, 5.41) is 9.13. The summed E-state index contributed by atoms with van der Waals surface area (Å²) in [6.07, 6.45) is 1.75. The molecule has 0 bridgehead atoms. The van der Waals surface area contributed by atoms with Crippen LogP contribution in [0.3, 0.4) is 0 Å². The van der Waals surface area contributed by atoms with Crippen LogP contribution in [0.15, 0.2) is 30.3 Å². The summed E-state index contributed by atoms with van der Waals surface area (Å²) in [4.78, 5) is 15.4. The Labute approximate surface area is 113 Å². The number of benzene rings is 1. The van der Waals surface area contributed by atoms with E-state index in [0.29, 0.717) is 5.69 Å². The van der Waals surface area contributed by atoms with Crippen LogP contribution in [-0.2, 0) is 0 Å². The number of hydrogen-bond acceptors (Lipinski definition) is 2. The van der Waals surface area contributed by atoms with Gasteiger partial charge in [-0.3, -0.25) is 4.98 Å². The van der Waals surface area contributed by atoms with E-state index < -0.39 is 17.6 Å². The van der Waals surface area contributed by atoms with Gasteiger partial charge in [-0.05, 0) is 37.1 Å². The Morgan fingerprint density at radius 1 is 1.20 bits per heavy atom. The number of hydrogen-bond donors (Lipinski definition) is 1. The van der Waals surface area contributed by atoms with Crippen LogP contribution in [0.4, 0.5) is 8.78 Å². The fraction of sp³-hybridized carbons (Fsp3) is 0.200. The average Bonchev–Trinajstić information content (AvgIpc) is 3.25. The van der Waals surface area contributed by atoms with E-state index in [1.807, 2.05) is 0 Å². The highest BCUT2D eigenvalue weighted by molar-refractivity contribution is 5.89. The number of nitrogens with zero attached hydrogens (tertiary/aromatic N) is 1. The normalized spacial score (nSPS) is 14.3. The molecule has 0 amide bonds. The molecule has 1 aromatic carbocycles. The molecule has 0 saturated heterocycles. The number of aromatic nitrogens is 1. The van der Waals surface area contributed by atoms with Gasteiger partial charge in [0.1, 0.15) is 0 Å². The van der Waals surface area contributed by atoms with Crippen molar-refractivity contribution in [2.24, 2.45) is 0 Å². The van der Waals surface area contributed by atoms with E-state index in [1.165, 1.54) is 24.3 Å². The molecule has 2 aromatic rings. The van der Waals surface area contributed by atoms with Gasteiger partial charge in [0, 0.05) is 11.5 Å². The van der Waals surface area contributed by atoms with Crippen LogP contribution in [0.2, 0.25) is 0 Å². The van der Waals surface area contributed by atoms with Crippen molar-refractivity contribution in [1.29, 1.82) is 0 Å². The molecule has 1 fully saturated rings. The molecule has 0 atom stereocenters. The Bertz CT molecular complexity index is 696. The lowest BCUT2D eigenvalue weighted by Gasteiger charge is -2.08. The summed E-state index contributed by atoms with van der Waals surface area (Å²) in [5.74, 6) is -2.85. The predicted octanol–water partition coefficient (Wildman–Crippen LogP) is 3.60. The first kappa shape index (κ1) is 12.7. The zero-order valence-electron chi connectivity index (χ0n) is 10.4. The Hall–Kier alpha value is -2.30. The highest BCUT2D eigenvalue weighted by atomic mass is 19.2. The molecule has 1 saturated carbocycles. The third-order valence-electron chi connectivity index (χ3n) is 3.35. The van der Waals surface area contributed by atoms with Crippen molar-refractivity contribution < 1.29 is 18.7 Å². The fourth-order valence-electron chi connectivity index (χ4n) is 2.18. The summed E-state index contributed by atoms with van der Waals surface area (Å²) in [5.41, 5.74) is 0.893. The predicted molar refractivity (Wildman–Crippen MR) is 68.5 cm³/mol. The van der Waals surface area contributed by atoms with Crippen molar-refractivity contribution in [2.45, 2.75) is 18.8 Å². The second-order valence-corrected chi connectivity index (χ2v) is 4.81. The third-order valence-corrected chi connectivity index (χ3v) is 3.35. The van der Waals surface area contributed by atoms with Crippen LogP contribution in [0.25, 0.3) is 11.3 Å². The number of carbonyl (C=O) groups is 1. The van der Waals surface area contributed by atoms with Gasteiger partial charge in [-0.15, -0.1) is 0 Å². The lowest BCUT2D eigenvalue weighted by atomic mass is 10.1. The van der Waals surface area contributed by atoms with Gasteiger partial charge in [0.15, 0.2) is 11.6 Å². The third kappa shape index (κ3) is 2.15. The monoisotopic (exact) mass is 275 g/mol. The molecule has 1 N–H and O–H groups in total. The summed E-state index contributed by atoms with van der Waals surface area (Å²) in [6.45, 7) is 0. The molecular weight excluding hydrogens is 264 g/mol. The van der Waals surface area contributed by atoms with Gasteiger partial charge in [0.25, 0.3) is 0 Å². The van der Waals surface area contributed by atoms with Crippen LogP contribution >= 0.6 is 0 Å². The molecule has 1 heterocycles. The molecule has 0 spiro atoms. The van der Waals surface area contributed by atoms with Gasteiger partial charge in [-0.1, -0.05) is 6.07 Å². The quantitative estimate of drug-likeness (QED) is 0.931. The minimum atomic E-state index is -1.05. The van der Waals surface area contributed by atoms with Crippen LogP contribution in [0, 0.1) is 11.6 Å². The number of carboxylic acids is 1. The maximum absolute atomic E-state index is 13.8. The lowest BCUT2D eigenvalue weighted by Crippen LogP contribution is -2.05. The lowest BCUT2D eigenvalue weighted by molar-refractivity contribution is 0.0695. The SMILES string of the molecule is O=C(O)c1ccc(-c2cccc(F)c2F)nc1C1CC1. The second kappa shape index (κ2) is 4.67. The summed E-state index contributed by atoms with van der Waals surface area (Å²) < 4.78 is 27.0. The van der Waals surface area contributed by atoms with Gasteiger partial charge in [0.2, 0.25) is 0 Å². The molecule has 20 heavy (non-hydrogen) atoms. The van der Waals surface area contributed by atoms with E-state index in [9.17, 15) is 13.6 Å². The highest BCUT2D eigenvalue weighted by Gasteiger charge is 2.30. The first-order valence-electron chi connectivity index (χ1n) is 6.26. The van der Waals surface area contributed by atoms with Crippen molar-refractivity contribution in [3.05, 3.63) is 53.2 Å². The number of carboxylic acid groups (broad SMARTS) is 1. The molecule has 1 aromatic heterocycles. The zero-order chi connectivity index (χ0) is 14.3. The smallest absolute Gasteiger partial charge is 0.337 e. The van der Waals surface area contributed by atoms with E-state index in [1.54, 1.807) is 0 Å². The van der Waals surface area contributed by atoms with Crippen molar-refractivity contribution in [3.63, 3.8) is 0 Å². The molecule has 0 unspecified atom stereocenters. The highest BCUT2D eigenvalue weighted by Crippen LogP contribution is 2.41. The standard InChI is InChI=1S/C15H11F2NO2/c16-11-3-1-2-9(13(11)17)12-7-6-10(15(19)20)14(18-12)8-4-5-8/h1-3,6-8H,4-5H2,(H,19,20). The zero-order valence-corrected chi connectivity index (χ0v) is 10.4. The van der Waals surface area contributed by atoms with Gasteiger partial charge in [-0.25, -0.2) is 13.6 Å². The summed E-state index contributed by atoms with van der Waals surface area (Å²) >= 11 is 0. The maximum atomic E-state index is 13.8. The number of pyridine rings is 1. The summed E-state index contributed by atoms with van der Waals surface area (Å²) in [6, 6.07) is 6.68. The van der Waals surface area contributed by atoms with Gasteiger partial charge in [-0.2, -0.15) is 0 Å². The molecule has 5 heteroatoms. The second-order valence-electron chi connectivity index (χ2n) is 4.81. The first-order valence-corrected chi connectivity index (χ1v) is 6.26. The van der Waals surface area contributed by atoms with Crippen molar-refractivity contribution >= 4 is 5.97 Å². The van der Waals surface area contributed by atoms with Gasteiger partial charge in [0.05, 0.1) is 17.0 Å². The van der Waals surface area contributed by atoms with E-state index in [0.717, 1.165) is 18.9 Å². The van der Waals surface area contributed by atoms with Gasteiger partial charge >= 0.3 is 5.97 Å². The Morgan fingerprint density at radius 2 is 1.95 bits per heavy atom. The number of halogens is 2. The number of rotatable bonds is 3. The molecule has 3 nitrogen and oxygen atoms in total. The maximum Gasteiger partial charge on any atom is 0.337 e. The minimum absolute atomic E-state index is 0.0452. The van der Waals surface area contributed by atoms with E-state index in [2.05, 4.69) is 4.98 Å². The van der Waals surface area contributed by atoms with Crippen LogP contribution < -0.4 is 0 Å². The topological polar surface area (TPSA) is 50.2 Å². The van der Waals surface area contributed by atoms with Crippen molar-refractivity contribution in [1.82, 2.24) is 4.98 Å². The Balaban J connectivity index is 2.13. The molecule has 3 rings (SSSR count). The first-order chi connectivity index (χ1) is 9.58. The Morgan fingerprint density at radius 3 is 2.60 bits per heavy atom. The van der Waals surface area contributed by atoms with Gasteiger partial charge < -0.3 is 5.11 Å². The van der Waals surface area contributed by atoms with Crippen molar-refractivity contribution in [3.8, 4) is 11.3 Å². The molecule has 0 radical (unpaired) electrons. The van der Waals surface area contributed by atoms with E-state index >= 15 is 0 Å². The largest absolute Gasteiger partial charge is 0.478 e. The van der Waals surface area contributed by atoms with Crippen LogP contribution in [-0.4, -0.2) is 16.1 Å². The summed E-state index contributed by atoms with van der Waals surface area (Å²) in [7, 11) is 0. The van der Waals surface area contributed by atoms with E-state index in [4.69, 9.17) is 5.11 Å².